The predicted octanol–water partition coefficient (Wildman–Crippen LogP) is 3.11. The molecule has 0 radical (unpaired) electrons. The van der Waals surface area contributed by atoms with Crippen molar-refractivity contribution < 1.29 is 13.6 Å². The van der Waals surface area contributed by atoms with Crippen molar-refractivity contribution in [1.82, 2.24) is 0 Å². The molecule has 5 heteroatoms. The molecular weight excluding hydrogens is 250 g/mol. The lowest BCUT2D eigenvalue weighted by atomic mass is 10.1. The zero-order valence-corrected chi connectivity index (χ0v) is 10.2. The first-order chi connectivity index (χ1) is 8.97. The van der Waals surface area contributed by atoms with Gasteiger partial charge >= 0.3 is 0 Å². The minimum Gasteiger partial charge on any atom is -0.398 e. The number of hydrogen-bond acceptors (Lipinski definition) is 2. The van der Waals surface area contributed by atoms with Gasteiger partial charge in [0.1, 0.15) is 11.6 Å². The molecule has 0 fully saturated rings. The molecule has 3 nitrogen and oxygen atoms in total. The number of nitrogens with one attached hydrogen (secondary N) is 1. The van der Waals surface area contributed by atoms with E-state index in [2.05, 4.69) is 5.32 Å². The number of nitrogen functional groups attached to an aromatic ring is 1. The third-order valence-corrected chi connectivity index (χ3v) is 2.71. The molecule has 0 saturated carbocycles. The summed E-state index contributed by atoms with van der Waals surface area (Å²) in [6.07, 6.45) is 0. The Kier molecular flexibility index (Phi) is 3.46. The summed E-state index contributed by atoms with van der Waals surface area (Å²) in [6, 6.07) is 7.56. The molecule has 0 spiro atoms. The lowest BCUT2D eigenvalue weighted by Crippen LogP contribution is -2.15. The summed E-state index contributed by atoms with van der Waals surface area (Å²) in [7, 11) is 0. The van der Waals surface area contributed by atoms with Crippen LogP contribution in [-0.2, 0) is 0 Å². The number of amides is 1. The van der Waals surface area contributed by atoms with Crippen LogP contribution in [0.15, 0.2) is 36.4 Å². The summed E-state index contributed by atoms with van der Waals surface area (Å²) in [5.41, 5.74) is 6.82. The number of halogens is 2. The summed E-state index contributed by atoms with van der Waals surface area (Å²) in [6.45, 7) is 1.74. The fourth-order valence-corrected chi connectivity index (χ4v) is 1.66. The van der Waals surface area contributed by atoms with Crippen molar-refractivity contribution in [3.63, 3.8) is 0 Å². The first-order valence-corrected chi connectivity index (χ1v) is 5.60. The standard InChI is InChI=1S/C14H12F2N2O/c1-8-2-3-10(16)7-13(8)18-14(19)11-5-4-9(15)6-12(11)17/h2-7H,17H2,1H3,(H,18,19). The zero-order valence-electron chi connectivity index (χ0n) is 10.2. The predicted molar refractivity (Wildman–Crippen MR) is 69.9 cm³/mol. The van der Waals surface area contributed by atoms with Crippen LogP contribution in [0.1, 0.15) is 15.9 Å². The fourth-order valence-electron chi connectivity index (χ4n) is 1.66. The van der Waals surface area contributed by atoms with E-state index in [9.17, 15) is 13.6 Å². The Morgan fingerprint density at radius 1 is 1.11 bits per heavy atom. The number of anilines is 2. The molecule has 1 amide bonds. The average molecular weight is 262 g/mol. The van der Waals surface area contributed by atoms with Crippen molar-refractivity contribution >= 4 is 17.3 Å². The molecule has 0 heterocycles. The molecule has 0 atom stereocenters. The number of hydrogen-bond donors (Lipinski definition) is 2. The first-order valence-electron chi connectivity index (χ1n) is 5.60. The molecular formula is C14H12F2N2O. The Morgan fingerprint density at radius 3 is 2.42 bits per heavy atom. The van der Waals surface area contributed by atoms with Gasteiger partial charge < -0.3 is 11.1 Å². The van der Waals surface area contributed by atoms with Crippen molar-refractivity contribution in [2.75, 3.05) is 11.1 Å². The van der Waals surface area contributed by atoms with Crippen LogP contribution in [0.25, 0.3) is 0 Å². The van der Waals surface area contributed by atoms with Gasteiger partial charge in [0.25, 0.3) is 5.91 Å². The molecule has 0 aliphatic heterocycles. The van der Waals surface area contributed by atoms with E-state index in [1.54, 1.807) is 13.0 Å². The zero-order chi connectivity index (χ0) is 14.0. The lowest BCUT2D eigenvalue weighted by molar-refractivity contribution is 0.102. The molecule has 0 saturated heterocycles. The van der Waals surface area contributed by atoms with Gasteiger partial charge in [-0.15, -0.1) is 0 Å². The van der Waals surface area contributed by atoms with Crippen molar-refractivity contribution in [3.8, 4) is 0 Å². The smallest absolute Gasteiger partial charge is 0.257 e. The second-order valence-electron chi connectivity index (χ2n) is 4.14. The molecule has 2 aromatic rings. The molecule has 0 aliphatic carbocycles. The maximum atomic E-state index is 13.1. The highest BCUT2D eigenvalue weighted by atomic mass is 19.1. The van der Waals surface area contributed by atoms with Crippen molar-refractivity contribution in [3.05, 3.63) is 59.2 Å². The van der Waals surface area contributed by atoms with Crippen molar-refractivity contribution in [2.45, 2.75) is 6.92 Å². The highest BCUT2D eigenvalue weighted by Crippen LogP contribution is 2.19. The Labute approximate surface area is 109 Å². The Hall–Kier alpha value is -2.43. The highest BCUT2D eigenvalue weighted by molar-refractivity contribution is 6.08. The highest BCUT2D eigenvalue weighted by Gasteiger charge is 2.12. The minimum absolute atomic E-state index is 0.0338. The molecule has 0 bridgehead atoms. The van der Waals surface area contributed by atoms with E-state index in [1.165, 1.54) is 18.2 Å². The Morgan fingerprint density at radius 2 is 1.74 bits per heavy atom. The Balaban J connectivity index is 2.28. The first kappa shape index (κ1) is 13.0. The SMILES string of the molecule is Cc1ccc(F)cc1NC(=O)c1ccc(F)cc1N. The van der Waals surface area contributed by atoms with Crippen LogP contribution in [-0.4, -0.2) is 5.91 Å². The van der Waals surface area contributed by atoms with Crippen LogP contribution in [0.2, 0.25) is 0 Å². The topological polar surface area (TPSA) is 55.1 Å². The van der Waals surface area contributed by atoms with Crippen LogP contribution >= 0.6 is 0 Å². The maximum Gasteiger partial charge on any atom is 0.257 e. The summed E-state index contributed by atoms with van der Waals surface area (Å²) < 4.78 is 26.0. The lowest BCUT2D eigenvalue weighted by Gasteiger charge is -2.10. The minimum atomic E-state index is -0.518. The number of aryl methyl sites for hydroxylation is 1. The number of benzene rings is 2. The van der Waals surface area contributed by atoms with E-state index in [1.807, 2.05) is 0 Å². The fraction of sp³-hybridized carbons (Fsp3) is 0.0714. The van der Waals surface area contributed by atoms with E-state index >= 15 is 0 Å². The molecule has 2 rings (SSSR count). The van der Waals surface area contributed by atoms with Gasteiger partial charge in [-0.05, 0) is 42.8 Å². The molecule has 2 aromatic carbocycles. The monoisotopic (exact) mass is 262 g/mol. The van der Waals surface area contributed by atoms with E-state index < -0.39 is 17.5 Å². The van der Waals surface area contributed by atoms with Crippen LogP contribution in [0.4, 0.5) is 20.2 Å². The molecule has 0 unspecified atom stereocenters. The quantitative estimate of drug-likeness (QED) is 0.817. The second-order valence-corrected chi connectivity index (χ2v) is 4.14. The maximum absolute atomic E-state index is 13.1. The summed E-state index contributed by atoms with van der Waals surface area (Å²) in [5.74, 6) is -1.48. The van der Waals surface area contributed by atoms with Crippen LogP contribution < -0.4 is 11.1 Å². The number of nitrogens with two attached hydrogens (primary N) is 1. The summed E-state index contributed by atoms with van der Waals surface area (Å²) >= 11 is 0. The number of carbonyl (C=O) groups excluding carboxylic acids is 1. The van der Waals surface area contributed by atoms with Crippen LogP contribution in [0, 0.1) is 18.6 Å². The molecule has 0 aliphatic rings. The van der Waals surface area contributed by atoms with Crippen LogP contribution in [0.5, 0.6) is 0 Å². The van der Waals surface area contributed by atoms with Gasteiger partial charge in [0.05, 0.1) is 5.56 Å². The van der Waals surface area contributed by atoms with Gasteiger partial charge in [0.15, 0.2) is 0 Å². The van der Waals surface area contributed by atoms with Gasteiger partial charge in [-0.1, -0.05) is 6.07 Å². The number of rotatable bonds is 2. The van der Waals surface area contributed by atoms with Crippen molar-refractivity contribution in [2.24, 2.45) is 0 Å². The van der Waals surface area contributed by atoms with Gasteiger partial charge in [-0.3, -0.25) is 4.79 Å². The van der Waals surface area contributed by atoms with E-state index in [0.29, 0.717) is 5.69 Å². The van der Waals surface area contributed by atoms with Crippen molar-refractivity contribution in [1.29, 1.82) is 0 Å². The molecule has 98 valence electrons. The molecule has 3 N–H and O–H groups in total. The van der Waals surface area contributed by atoms with E-state index in [4.69, 9.17) is 5.73 Å². The third kappa shape index (κ3) is 2.88. The third-order valence-electron chi connectivity index (χ3n) is 2.71. The van der Waals surface area contributed by atoms with E-state index in [0.717, 1.165) is 17.7 Å². The normalized spacial score (nSPS) is 10.3. The van der Waals surface area contributed by atoms with Gasteiger partial charge in [0, 0.05) is 11.4 Å². The number of carbonyl (C=O) groups is 1. The van der Waals surface area contributed by atoms with Crippen LogP contribution in [0.3, 0.4) is 0 Å². The molecule has 19 heavy (non-hydrogen) atoms. The average Bonchev–Trinajstić information content (AvgIpc) is 2.33. The largest absolute Gasteiger partial charge is 0.398 e. The van der Waals surface area contributed by atoms with E-state index in [-0.39, 0.29) is 11.3 Å². The molecule has 0 aromatic heterocycles. The van der Waals surface area contributed by atoms with Gasteiger partial charge in [0.2, 0.25) is 0 Å². The Bertz CT molecular complexity index is 641. The van der Waals surface area contributed by atoms with Gasteiger partial charge in [-0.2, -0.15) is 0 Å². The second kappa shape index (κ2) is 5.06. The summed E-state index contributed by atoms with van der Waals surface area (Å²) in [4.78, 5) is 12.0. The summed E-state index contributed by atoms with van der Waals surface area (Å²) in [5, 5.41) is 2.55. The van der Waals surface area contributed by atoms with Gasteiger partial charge in [-0.25, -0.2) is 8.78 Å².